The van der Waals surface area contributed by atoms with Crippen molar-refractivity contribution in [2.75, 3.05) is 0 Å². The molecule has 0 fully saturated rings. The summed E-state index contributed by atoms with van der Waals surface area (Å²) in [6, 6.07) is 0. The zero-order chi connectivity index (χ0) is 10.0. The molecule has 2 nitrogen and oxygen atoms in total. The maximum absolute atomic E-state index is 12.8. The van der Waals surface area contributed by atoms with Crippen LogP contribution in [0, 0.1) is 9.39 Å². The largest absolute Gasteiger partial charge is 0.298 e. The molecule has 0 aliphatic rings. The highest BCUT2D eigenvalue weighted by Gasteiger charge is 2.18. The number of pyridine rings is 1. The molecule has 0 atom stereocenters. The third-order valence-electron chi connectivity index (χ3n) is 1.36. The third kappa shape index (κ3) is 1.98. The highest BCUT2D eigenvalue weighted by molar-refractivity contribution is 14.1. The van der Waals surface area contributed by atoms with Crippen molar-refractivity contribution in [2.24, 2.45) is 0 Å². The first-order chi connectivity index (χ1) is 6.07. The van der Waals surface area contributed by atoms with Gasteiger partial charge in [-0.25, -0.2) is 13.2 Å². The number of aldehydes is 1. The fourth-order valence-electron chi connectivity index (χ4n) is 0.755. The summed E-state index contributed by atoms with van der Waals surface area (Å²) >= 11 is 1.47. The van der Waals surface area contributed by atoms with Crippen LogP contribution < -0.4 is 0 Å². The molecule has 0 bridgehead atoms. The number of hydrogen-bond acceptors (Lipinski definition) is 2. The second-order valence-corrected chi connectivity index (χ2v) is 3.22. The quantitative estimate of drug-likeness (QED) is 0.621. The van der Waals surface area contributed by atoms with Gasteiger partial charge in [0.05, 0.1) is 15.3 Å². The minimum absolute atomic E-state index is 0.136. The second-order valence-electron chi connectivity index (χ2n) is 2.14. The molecule has 0 saturated carbocycles. The maximum atomic E-state index is 12.8. The molecule has 70 valence electrons. The minimum atomic E-state index is -2.80. The van der Waals surface area contributed by atoms with Crippen molar-refractivity contribution in [3.05, 3.63) is 26.8 Å². The topological polar surface area (TPSA) is 30.0 Å². The lowest BCUT2D eigenvalue weighted by atomic mass is 10.2. The van der Waals surface area contributed by atoms with Gasteiger partial charge in [-0.2, -0.15) is 0 Å². The number of aromatic nitrogens is 1. The van der Waals surface area contributed by atoms with Gasteiger partial charge in [0.2, 0.25) is 0 Å². The fraction of sp³-hybridized carbons (Fsp3) is 0.143. The Kier molecular flexibility index (Phi) is 3.23. The second kappa shape index (κ2) is 4.03. The van der Waals surface area contributed by atoms with E-state index in [9.17, 15) is 18.0 Å². The maximum Gasteiger partial charge on any atom is 0.281 e. The van der Waals surface area contributed by atoms with E-state index < -0.39 is 17.9 Å². The van der Waals surface area contributed by atoms with E-state index in [1.54, 1.807) is 0 Å². The van der Waals surface area contributed by atoms with Crippen LogP contribution in [0.1, 0.15) is 22.5 Å². The van der Waals surface area contributed by atoms with Crippen molar-refractivity contribution in [3.8, 4) is 0 Å². The number of alkyl halides is 2. The summed E-state index contributed by atoms with van der Waals surface area (Å²) in [5.74, 6) is -0.885. The van der Waals surface area contributed by atoms with Crippen molar-refractivity contribution in [3.63, 3.8) is 0 Å². The zero-order valence-corrected chi connectivity index (χ0v) is 8.26. The van der Waals surface area contributed by atoms with E-state index in [0.717, 1.165) is 0 Å². The Morgan fingerprint density at radius 1 is 1.54 bits per heavy atom. The smallest absolute Gasteiger partial charge is 0.281 e. The molecule has 0 aliphatic heterocycles. The Hall–Kier alpha value is -0.660. The Balaban J connectivity index is 3.35. The van der Waals surface area contributed by atoms with Gasteiger partial charge in [-0.1, -0.05) is 0 Å². The van der Waals surface area contributed by atoms with Gasteiger partial charge in [0.15, 0.2) is 12.1 Å². The van der Waals surface area contributed by atoms with Crippen LogP contribution in [0.5, 0.6) is 0 Å². The number of rotatable bonds is 2. The van der Waals surface area contributed by atoms with Crippen LogP contribution in [0.2, 0.25) is 0 Å². The first kappa shape index (κ1) is 10.4. The highest BCUT2D eigenvalue weighted by Crippen LogP contribution is 2.25. The van der Waals surface area contributed by atoms with Crippen molar-refractivity contribution >= 4 is 28.9 Å². The summed E-state index contributed by atoms with van der Waals surface area (Å²) in [5, 5.41) is 0. The summed E-state index contributed by atoms with van der Waals surface area (Å²) < 4.78 is 37.0. The zero-order valence-electron chi connectivity index (χ0n) is 6.10. The normalized spacial score (nSPS) is 10.5. The van der Waals surface area contributed by atoms with Gasteiger partial charge in [-0.15, -0.1) is 0 Å². The van der Waals surface area contributed by atoms with E-state index in [2.05, 4.69) is 4.98 Å². The summed E-state index contributed by atoms with van der Waals surface area (Å²) in [5.41, 5.74) is -0.935. The van der Waals surface area contributed by atoms with Crippen LogP contribution >= 0.6 is 22.6 Å². The molecule has 0 N–H and O–H groups in total. The van der Waals surface area contributed by atoms with Crippen molar-refractivity contribution < 1.29 is 18.0 Å². The molecule has 13 heavy (non-hydrogen) atoms. The van der Waals surface area contributed by atoms with Crippen LogP contribution in [0.15, 0.2) is 6.20 Å². The van der Waals surface area contributed by atoms with E-state index >= 15 is 0 Å². The van der Waals surface area contributed by atoms with Gasteiger partial charge in [0.25, 0.3) is 6.43 Å². The Morgan fingerprint density at radius 3 is 2.62 bits per heavy atom. The molecule has 1 rings (SSSR count). The molecule has 0 saturated heterocycles. The van der Waals surface area contributed by atoms with E-state index in [0.29, 0.717) is 6.20 Å². The van der Waals surface area contributed by atoms with Gasteiger partial charge in [-0.05, 0) is 22.6 Å². The van der Waals surface area contributed by atoms with Crippen molar-refractivity contribution in [1.29, 1.82) is 0 Å². The van der Waals surface area contributed by atoms with Gasteiger partial charge in [0, 0.05) is 0 Å². The molecule has 1 aromatic rings. The molecule has 0 radical (unpaired) electrons. The van der Waals surface area contributed by atoms with E-state index in [1.165, 1.54) is 22.6 Å². The predicted octanol–water partition coefficient (Wildman–Crippen LogP) is 2.58. The molecule has 0 unspecified atom stereocenters. The van der Waals surface area contributed by atoms with Gasteiger partial charge in [-0.3, -0.25) is 9.78 Å². The average Bonchev–Trinajstić information content (AvgIpc) is 2.04. The number of halogens is 4. The number of carbonyl (C=O) groups is 1. The number of carbonyl (C=O) groups excluding carboxylic acids is 1. The van der Waals surface area contributed by atoms with Crippen LogP contribution in [0.25, 0.3) is 0 Å². The number of hydrogen-bond donors (Lipinski definition) is 0. The van der Waals surface area contributed by atoms with Crippen molar-refractivity contribution in [1.82, 2.24) is 4.98 Å². The van der Waals surface area contributed by atoms with Crippen LogP contribution in [-0.4, -0.2) is 11.3 Å². The lowest BCUT2D eigenvalue weighted by Gasteiger charge is -2.04. The molecule has 6 heteroatoms. The first-order valence-electron chi connectivity index (χ1n) is 3.15. The SMILES string of the molecule is O=Cc1c(F)cnc(C(F)F)c1I. The molecule has 0 spiro atoms. The van der Waals surface area contributed by atoms with Crippen LogP contribution in [0.3, 0.4) is 0 Å². The summed E-state index contributed by atoms with van der Waals surface area (Å²) in [4.78, 5) is 13.5. The fourth-order valence-corrected chi connectivity index (χ4v) is 1.51. The van der Waals surface area contributed by atoms with Gasteiger partial charge in [0.1, 0.15) is 5.69 Å². The van der Waals surface area contributed by atoms with Gasteiger partial charge < -0.3 is 0 Å². The first-order valence-corrected chi connectivity index (χ1v) is 4.23. The van der Waals surface area contributed by atoms with E-state index in [4.69, 9.17) is 0 Å². The molecular formula is C7H3F3INO. The van der Waals surface area contributed by atoms with E-state index in [1.807, 2.05) is 0 Å². The van der Waals surface area contributed by atoms with Crippen LogP contribution in [-0.2, 0) is 0 Å². The molecule has 0 amide bonds. The Labute approximate surface area is 85.3 Å². The minimum Gasteiger partial charge on any atom is -0.298 e. The predicted molar refractivity (Wildman–Crippen MR) is 47.3 cm³/mol. The molecular weight excluding hydrogens is 298 g/mol. The van der Waals surface area contributed by atoms with Crippen LogP contribution in [0.4, 0.5) is 13.2 Å². The standard InChI is InChI=1S/C7H3F3INO/c8-4-1-12-6(7(9)10)5(11)3(4)2-13/h1-2,7H. The molecule has 0 aromatic carbocycles. The summed E-state index contributed by atoms with van der Waals surface area (Å²) in [7, 11) is 0. The monoisotopic (exact) mass is 301 g/mol. The Bertz CT molecular complexity index is 343. The lowest BCUT2D eigenvalue weighted by Crippen LogP contribution is -2.02. The van der Waals surface area contributed by atoms with E-state index in [-0.39, 0.29) is 15.4 Å². The summed E-state index contributed by atoms with van der Waals surface area (Å²) in [6.07, 6.45) is -1.98. The molecule has 1 aromatic heterocycles. The average molecular weight is 301 g/mol. The summed E-state index contributed by atoms with van der Waals surface area (Å²) in [6.45, 7) is 0. The Morgan fingerprint density at radius 2 is 2.15 bits per heavy atom. The number of nitrogens with zero attached hydrogens (tertiary/aromatic N) is 1. The molecule has 0 aliphatic carbocycles. The van der Waals surface area contributed by atoms with Crippen molar-refractivity contribution in [2.45, 2.75) is 6.43 Å². The lowest BCUT2D eigenvalue weighted by molar-refractivity contribution is 0.111. The third-order valence-corrected chi connectivity index (χ3v) is 2.49. The molecule has 1 heterocycles. The highest BCUT2D eigenvalue weighted by atomic mass is 127. The van der Waals surface area contributed by atoms with Gasteiger partial charge >= 0.3 is 0 Å².